The van der Waals surface area contributed by atoms with Gasteiger partial charge in [0.25, 0.3) is 5.91 Å². The molecule has 1 aromatic heterocycles. The van der Waals surface area contributed by atoms with Crippen LogP contribution in [0.5, 0.6) is 0 Å². The highest BCUT2D eigenvalue weighted by Crippen LogP contribution is 2.25. The van der Waals surface area contributed by atoms with Crippen LogP contribution in [0.3, 0.4) is 0 Å². The third kappa shape index (κ3) is 4.76. The maximum Gasteiger partial charge on any atom is 0.257 e. The van der Waals surface area contributed by atoms with E-state index in [1.807, 2.05) is 50.4 Å². The summed E-state index contributed by atoms with van der Waals surface area (Å²) in [6, 6.07) is 10.3. The van der Waals surface area contributed by atoms with Crippen LogP contribution in [0.2, 0.25) is 0 Å². The number of anilines is 1. The third-order valence-corrected chi connectivity index (χ3v) is 5.47. The molecule has 2 aromatic rings. The molecule has 2 aliphatic rings. The largest absolute Gasteiger partial charge is 0.683 e. The van der Waals surface area contributed by atoms with Crippen LogP contribution in [0.1, 0.15) is 53.7 Å². The first kappa shape index (κ1) is 19.9. The molecule has 1 fully saturated rings. The van der Waals surface area contributed by atoms with Gasteiger partial charge in [0.05, 0.1) is 5.56 Å². The number of allylic oxidation sites excluding steroid dienone is 1. The number of aryl methyl sites for hydroxylation is 1. The molecule has 4 rings (SSSR count). The van der Waals surface area contributed by atoms with E-state index in [9.17, 15) is 4.79 Å². The van der Waals surface area contributed by atoms with E-state index in [-0.39, 0.29) is 11.9 Å². The van der Waals surface area contributed by atoms with Crippen molar-refractivity contribution in [2.45, 2.75) is 45.2 Å². The van der Waals surface area contributed by atoms with Crippen LogP contribution in [-0.2, 0) is 0 Å². The van der Waals surface area contributed by atoms with Gasteiger partial charge in [-0.15, -0.1) is 0 Å². The van der Waals surface area contributed by atoms with Gasteiger partial charge in [0, 0.05) is 30.9 Å². The monoisotopic (exact) mass is 401 g/mol. The summed E-state index contributed by atoms with van der Waals surface area (Å²) in [6.45, 7) is 3.95. The number of aromatic nitrogens is 1. The molecule has 1 saturated carbocycles. The topological polar surface area (TPSA) is 71.1 Å². The molecule has 154 valence electrons. The normalized spacial score (nSPS) is 16.7. The van der Waals surface area contributed by atoms with Gasteiger partial charge in [-0.25, -0.2) is 0 Å². The number of nitrogens with zero attached hydrogens (tertiary/aromatic N) is 3. The lowest BCUT2D eigenvalue weighted by atomic mass is 9.92. The van der Waals surface area contributed by atoms with Crippen LogP contribution in [0.4, 0.5) is 5.69 Å². The maximum absolute atomic E-state index is 12.4. The van der Waals surface area contributed by atoms with Gasteiger partial charge in [0.1, 0.15) is 0 Å². The molecule has 1 aromatic carbocycles. The maximum atomic E-state index is 12.4. The minimum atomic E-state index is -0.169. The molecule has 1 aliphatic carbocycles. The van der Waals surface area contributed by atoms with Crippen molar-refractivity contribution < 1.29 is 9.37 Å². The van der Waals surface area contributed by atoms with Gasteiger partial charge >= 0.3 is 0 Å². The Morgan fingerprint density at radius 3 is 2.87 bits per heavy atom. The van der Waals surface area contributed by atoms with Crippen molar-refractivity contribution in [3.05, 3.63) is 89.0 Å². The molecule has 2 heterocycles. The lowest BCUT2D eigenvalue weighted by Gasteiger charge is -2.27. The highest BCUT2D eigenvalue weighted by atomic mass is 16.1. The van der Waals surface area contributed by atoms with Gasteiger partial charge in [-0.2, -0.15) is 10.8 Å². The molecule has 0 bridgehead atoms. The predicted molar refractivity (Wildman–Crippen MR) is 119 cm³/mol. The van der Waals surface area contributed by atoms with Crippen molar-refractivity contribution in [3.8, 4) is 0 Å². The Bertz CT molecular complexity index is 1020. The van der Waals surface area contributed by atoms with Gasteiger partial charge < -0.3 is 16.0 Å². The van der Waals surface area contributed by atoms with E-state index in [1.54, 1.807) is 18.6 Å². The number of hydrogen-bond donors (Lipinski definition) is 2. The zero-order valence-corrected chi connectivity index (χ0v) is 17.4. The summed E-state index contributed by atoms with van der Waals surface area (Å²) < 4.78 is 2.28. The highest BCUT2D eigenvalue weighted by molar-refractivity contribution is 6.04. The number of carbonyl (C=O) groups is 1. The summed E-state index contributed by atoms with van der Waals surface area (Å²) in [5.41, 5.74) is 4.38. The van der Waals surface area contributed by atoms with Gasteiger partial charge in [-0.1, -0.05) is 30.7 Å². The van der Waals surface area contributed by atoms with Gasteiger partial charge in [-0.3, -0.25) is 9.78 Å². The van der Waals surface area contributed by atoms with E-state index in [0.29, 0.717) is 11.6 Å². The van der Waals surface area contributed by atoms with E-state index in [0.717, 1.165) is 22.5 Å². The van der Waals surface area contributed by atoms with Crippen molar-refractivity contribution in [1.29, 1.82) is 0 Å². The number of nitrogens with one attached hydrogen (secondary N) is 2. The fourth-order valence-electron chi connectivity index (χ4n) is 3.43. The zero-order valence-electron chi connectivity index (χ0n) is 17.4. The number of benzene rings is 1. The average molecular weight is 402 g/mol. The molecule has 1 unspecified atom stereocenters. The second-order valence-corrected chi connectivity index (χ2v) is 7.86. The number of carbonyl (C=O) groups excluding carboxylic acids is 1. The number of amides is 1. The Labute approximate surface area is 177 Å². The van der Waals surface area contributed by atoms with Gasteiger partial charge in [0.15, 0.2) is 24.2 Å². The first-order valence-corrected chi connectivity index (χ1v) is 10.4. The van der Waals surface area contributed by atoms with E-state index < -0.39 is 0 Å². The first-order valence-electron chi connectivity index (χ1n) is 10.4. The van der Waals surface area contributed by atoms with Crippen LogP contribution in [-0.4, -0.2) is 27.7 Å². The Balaban J connectivity index is 1.27. The Hall–Kier alpha value is -3.41. The lowest BCUT2D eigenvalue weighted by Crippen LogP contribution is -2.36. The fraction of sp³-hybridized carbons (Fsp3) is 0.292. The molecule has 0 spiro atoms. The molecule has 6 nitrogen and oxygen atoms in total. The van der Waals surface area contributed by atoms with Crippen LogP contribution < -0.4 is 10.6 Å². The smallest absolute Gasteiger partial charge is 0.257 e. The molecule has 1 atom stereocenters. The SMILES string of the molecule is Cc1cncc(C(=O)Nc2cccc(C(C)[N-]C=CNC3=C[N+](C4CCC4)=C3)c2)c1. The lowest BCUT2D eigenvalue weighted by molar-refractivity contribution is -0.521. The minimum Gasteiger partial charge on any atom is -0.683 e. The number of pyridine rings is 1. The quantitative estimate of drug-likeness (QED) is 0.634. The van der Waals surface area contributed by atoms with Crippen LogP contribution in [0.15, 0.2) is 67.0 Å². The standard InChI is InChI=1S/C24H27N5O/c1-17-11-20(14-25-13-17)24(30)28-21-6-3-5-19(12-21)18(2)26-9-10-27-22-15-29(16-22)23-7-4-8-23/h3,5-6,9-16,18,23,27H,4,7-8H2,1-2H3,(H,28,30). The second kappa shape index (κ2) is 8.95. The second-order valence-electron chi connectivity index (χ2n) is 7.86. The molecular formula is C24H27N5O. The van der Waals surface area contributed by atoms with Gasteiger partial charge in [0.2, 0.25) is 0 Å². The van der Waals surface area contributed by atoms with Crippen molar-refractivity contribution in [2.75, 3.05) is 5.32 Å². The van der Waals surface area contributed by atoms with Crippen LogP contribution >= 0.6 is 0 Å². The molecule has 0 saturated heterocycles. The minimum absolute atomic E-state index is 0.0219. The van der Waals surface area contributed by atoms with Gasteiger partial charge in [-0.05, 0) is 43.3 Å². The summed E-state index contributed by atoms with van der Waals surface area (Å²) in [6.07, 6.45) is 15.2. The molecule has 2 N–H and O–H groups in total. The molecule has 6 heteroatoms. The molecule has 0 radical (unpaired) electrons. The molecule has 1 aliphatic heterocycles. The third-order valence-electron chi connectivity index (χ3n) is 5.47. The summed E-state index contributed by atoms with van der Waals surface area (Å²) in [4.78, 5) is 16.5. The van der Waals surface area contributed by atoms with Crippen molar-refractivity contribution >= 4 is 17.8 Å². The summed E-state index contributed by atoms with van der Waals surface area (Å²) >= 11 is 0. The highest BCUT2D eigenvalue weighted by Gasteiger charge is 2.31. The first-order chi connectivity index (χ1) is 14.6. The van der Waals surface area contributed by atoms with E-state index >= 15 is 0 Å². The Morgan fingerprint density at radius 1 is 1.30 bits per heavy atom. The zero-order chi connectivity index (χ0) is 20.9. The van der Waals surface area contributed by atoms with E-state index in [2.05, 4.69) is 37.9 Å². The summed E-state index contributed by atoms with van der Waals surface area (Å²) in [7, 11) is 0. The van der Waals surface area contributed by atoms with Crippen molar-refractivity contribution in [3.63, 3.8) is 0 Å². The molecule has 30 heavy (non-hydrogen) atoms. The van der Waals surface area contributed by atoms with Crippen LogP contribution in [0.25, 0.3) is 5.32 Å². The number of hydrogen-bond acceptors (Lipinski definition) is 3. The number of rotatable bonds is 8. The predicted octanol–water partition coefficient (Wildman–Crippen LogP) is 4.63. The van der Waals surface area contributed by atoms with Crippen molar-refractivity contribution in [2.24, 2.45) is 0 Å². The molecule has 1 amide bonds. The average Bonchev–Trinajstić information content (AvgIpc) is 2.67. The van der Waals surface area contributed by atoms with Crippen LogP contribution in [0, 0.1) is 6.92 Å². The summed E-state index contributed by atoms with van der Waals surface area (Å²) in [5, 5.41) is 10.8. The Morgan fingerprint density at radius 2 is 2.13 bits per heavy atom. The Kier molecular flexibility index (Phi) is 5.93. The van der Waals surface area contributed by atoms with E-state index in [4.69, 9.17) is 0 Å². The molecular weight excluding hydrogens is 374 g/mol. The van der Waals surface area contributed by atoms with E-state index in [1.165, 1.54) is 19.3 Å². The van der Waals surface area contributed by atoms with Crippen molar-refractivity contribution in [1.82, 2.24) is 10.3 Å². The summed E-state index contributed by atoms with van der Waals surface area (Å²) in [5.74, 6) is -0.169. The fourth-order valence-corrected chi connectivity index (χ4v) is 3.43.